The number of benzene rings is 1. The Kier molecular flexibility index (Phi) is 4.39. The molecular formula is C14H19N3O2. The van der Waals surface area contributed by atoms with E-state index in [0.29, 0.717) is 0 Å². The number of nitrogens with two attached hydrogens (primary N) is 1. The number of amidine groups is 1. The molecule has 1 unspecified atom stereocenters. The Bertz CT molecular complexity index is 453. The fourth-order valence-electron chi connectivity index (χ4n) is 2.51. The lowest BCUT2D eigenvalue weighted by molar-refractivity contribution is -0.121. The predicted octanol–water partition coefficient (Wildman–Crippen LogP) is 1.58. The van der Waals surface area contributed by atoms with Crippen LogP contribution in [0.5, 0.6) is 0 Å². The standard InChI is InChI=1S/C14H19N3O2/c15-13(17-19)12(10-6-2-1-3-7-10)14(18)16-11-8-4-5-9-11/h1-3,6-7,11-12,19H,4-5,8-9H2,(H2,15,17)(H,16,18). The monoisotopic (exact) mass is 261 g/mol. The summed E-state index contributed by atoms with van der Waals surface area (Å²) in [4.78, 5) is 12.3. The third-order valence-electron chi connectivity index (χ3n) is 3.51. The third-order valence-corrected chi connectivity index (χ3v) is 3.51. The molecule has 0 aromatic heterocycles. The van der Waals surface area contributed by atoms with Gasteiger partial charge in [0.05, 0.1) is 0 Å². The van der Waals surface area contributed by atoms with Crippen molar-refractivity contribution in [2.75, 3.05) is 0 Å². The number of carbonyl (C=O) groups excluding carboxylic acids is 1. The van der Waals surface area contributed by atoms with Crippen LogP contribution in [0.4, 0.5) is 0 Å². The van der Waals surface area contributed by atoms with Crippen LogP contribution in [0.3, 0.4) is 0 Å². The van der Waals surface area contributed by atoms with Crippen molar-refractivity contribution in [3.05, 3.63) is 35.9 Å². The van der Waals surface area contributed by atoms with Crippen LogP contribution < -0.4 is 11.1 Å². The third kappa shape index (κ3) is 3.24. The second-order valence-electron chi connectivity index (χ2n) is 4.86. The average Bonchev–Trinajstić information content (AvgIpc) is 2.93. The van der Waals surface area contributed by atoms with Crippen molar-refractivity contribution in [3.8, 4) is 0 Å². The summed E-state index contributed by atoms with van der Waals surface area (Å²) in [7, 11) is 0. The van der Waals surface area contributed by atoms with Gasteiger partial charge in [0.15, 0.2) is 5.84 Å². The van der Waals surface area contributed by atoms with Gasteiger partial charge in [0.1, 0.15) is 5.92 Å². The highest BCUT2D eigenvalue weighted by Gasteiger charge is 2.28. The van der Waals surface area contributed by atoms with Crippen molar-refractivity contribution in [3.63, 3.8) is 0 Å². The molecule has 2 rings (SSSR count). The number of nitrogens with one attached hydrogen (secondary N) is 1. The van der Waals surface area contributed by atoms with E-state index in [2.05, 4.69) is 10.5 Å². The van der Waals surface area contributed by atoms with Crippen LogP contribution in [0.2, 0.25) is 0 Å². The van der Waals surface area contributed by atoms with Gasteiger partial charge in [-0.3, -0.25) is 4.79 Å². The number of carbonyl (C=O) groups is 1. The number of amides is 1. The molecule has 1 saturated carbocycles. The molecule has 1 aliphatic carbocycles. The number of hydrogen-bond donors (Lipinski definition) is 3. The predicted molar refractivity (Wildman–Crippen MR) is 73.0 cm³/mol. The largest absolute Gasteiger partial charge is 0.409 e. The van der Waals surface area contributed by atoms with E-state index in [1.165, 1.54) is 0 Å². The molecule has 1 aliphatic rings. The van der Waals surface area contributed by atoms with Gasteiger partial charge >= 0.3 is 0 Å². The van der Waals surface area contributed by atoms with Crippen LogP contribution in [0.15, 0.2) is 35.5 Å². The number of nitrogens with zero attached hydrogens (tertiary/aromatic N) is 1. The molecule has 5 nitrogen and oxygen atoms in total. The smallest absolute Gasteiger partial charge is 0.235 e. The zero-order valence-corrected chi connectivity index (χ0v) is 10.7. The molecule has 0 aliphatic heterocycles. The lowest BCUT2D eigenvalue weighted by Gasteiger charge is -2.19. The number of hydrogen-bond acceptors (Lipinski definition) is 3. The van der Waals surface area contributed by atoms with E-state index in [1.807, 2.05) is 18.2 Å². The Hall–Kier alpha value is -2.04. The second-order valence-corrected chi connectivity index (χ2v) is 4.86. The van der Waals surface area contributed by atoms with E-state index in [-0.39, 0.29) is 17.8 Å². The van der Waals surface area contributed by atoms with Gasteiger partial charge in [-0.25, -0.2) is 0 Å². The Morgan fingerprint density at radius 1 is 1.32 bits per heavy atom. The molecule has 1 fully saturated rings. The fraction of sp³-hybridized carbons (Fsp3) is 0.429. The first-order valence-corrected chi connectivity index (χ1v) is 6.55. The molecular weight excluding hydrogens is 242 g/mol. The zero-order valence-electron chi connectivity index (χ0n) is 10.7. The van der Waals surface area contributed by atoms with Crippen LogP contribution in [0, 0.1) is 0 Å². The van der Waals surface area contributed by atoms with E-state index < -0.39 is 5.92 Å². The molecule has 5 heteroatoms. The van der Waals surface area contributed by atoms with Crippen LogP contribution in [-0.4, -0.2) is 23.0 Å². The first-order chi connectivity index (χ1) is 9.22. The maximum absolute atomic E-state index is 12.3. The molecule has 19 heavy (non-hydrogen) atoms. The molecule has 1 atom stereocenters. The lowest BCUT2D eigenvalue weighted by atomic mass is 9.96. The van der Waals surface area contributed by atoms with Crippen molar-refractivity contribution < 1.29 is 10.0 Å². The van der Waals surface area contributed by atoms with E-state index in [0.717, 1.165) is 31.2 Å². The van der Waals surface area contributed by atoms with E-state index in [4.69, 9.17) is 10.9 Å². The molecule has 4 N–H and O–H groups in total. The summed E-state index contributed by atoms with van der Waals surface area (Å²) in [5.74, 6) is -1.01. The van der Waals surface area contributed by atoms with Crippen molar-refractivity contribution in [2.45, 2.75) is 37.6 Å². The summed E-state index contributed by atoms with van der Waals surface area (Å²) in [6.07, 6.45) is 4.29. The quantitative estimate of drug-likeness (QED) is 0.333. The Balaban J connectivity index is 2.15. The normalized spacial score (nSPS) is 18.2. The minimum Gasteiger partial charge on any atom is -0.409 e. The van der Waals surface area contributed by atoms with Crippen LogP contribution >= 0.6 is 0 Å². The van der Waals surface area contributed by atoms with Gasteiger partial charge in [0, 0.05) is 6.04 Å². The summed E-state index contributed by atoms with van der Waals surface area (Å²) in [6, 6.07) is 9.34. The number of rotatable bonds is 4. The minimum absolute atomic E-state index is 0.0818. The van der Waals surface area contributed by atoms with Crippen molar-refractivity contribution in [1.29, 1.82) is 0 Å². The topological polar surface area (TPSA) is 87.7 Å². The molecule has 0 saturated heterocycles. The first kappa shape index (κ1) is 13.4. The van der Waals surface area contributed by atoms with Gasteiger partial charge in [-0.05, 0) is 18.4 Å². The summed E-state index contributed by atoms with van der Waals surface area (Å²) >= 11 is 0. The molecule has 0 radical (unpaired) electrons. The summed E-state index contributed by atoms with van der Waals surface area (Å²) in [6.45, 7) is 0. The van der Waals surface area contributed by atoms with Gasteiger partial charge in [-0.1, -0.05) is 48.3 Å². The maximum Gasteiger partial charge on any atom is 0.235 e. The fourth-order valence-corrected chi connectivity index (χ4v) is 2.51. The lowest BCUT2D eigenvalue weighted by Crippen LogP contribution is -2.41. The van der Waals surface area contributed by atoms with Gasteiger partial charge < -0.3 is 16.3 Å². The highest BCUT2D eigenvalue weighted by Crippen LogP contribution is 2.21. The molecule has 1 aromatic rings. The Labute approximate surface area is 112 Å². The Morgan fingerprint density at radius 2 is 1.95 bits per heavy atom. The summed E-state index contributed by atoms with van der Waals surface area (Å²) in [5.41, 5.74) is 6.39. The van der Waals surface area contributed by atoms with Crippen LogP contribution in [-0.2, 0) is 4.79 Å². The molecule has 0 spiro atoms. The second kappa shape index (κ2) is 6.22. The highest BCUT2D eigenvalue weighted by atomic mass is 16.4. The van der Waals surface area contributed by atoms with Crippen molar-refractivity contribution in [2.24, 2.45) is 10.9 Å². The van der Waals surface area contributed by atoms with Crippen LogP contribution in [0.1, 0.15) is 37.2 Å². The molecule has 1 amide bonds. The maximum atomic E-state index is 12.3. The molecule has 0 heterocycles. The minimum atomic E-state index is -0.730. The zero-order chi connectivity index (χ0) is 13.7. The van der Waals surface area contributed by atoms with Crippen LogP contribution in [0.25, 0.3) is 0 Å². The van der Waals surface area contributed by atoms with Gasteiger partial charge in [0.25, 0.3) is 0 Å². The van der Waals surface area contributed by atoms with Crippen molar-refractivity contribution in [1.82, 2.24) is 5.32 Å². The molecule has 0 bridgehead atoms. The van der Waals surface area contributed by atoms with Gasteiger partial charge in [-0.2, -0.15) is 0 Å². The van der Waals surface area contributed by atoms with Crippen molar-refractivity contribution >= 4 is 11.7 Å². The average molecular weight is 261 g/mol. The SMILES string of the molecule is NC(=NO)C(C(=O)NC1CCCC1)c1ccccc1. The first-order valence-electron chi connectivity index (χ1n) is 6.55. The highest BCUT2D eigenvalue weighted by molar-refractivity contribution is 6.07. The van der Waals surface area contributed by atoms with Gasteiger partial charge in [-0.15, -0.1) is 0 Å². The van der Waals surface area contributed by atoms with Gasteiger partial charge in [0.2, 0.25) is 5.91 Å². The summed E-state index contributed by atoms with van der Waals surface area (Å²) in [5, 5.41) is 14.8. The van der Waals surface area contributed by atoms with E-state index >= 15 is 0 Å². The molecule has 1 aromatic carbocycles. The summed E-state index contributed by atoms with van der Waals surface area (Å²) < 4.78 is 0. The Morgan fingerprint density at radius 3 is 2.53 bits per heavy atom. The molecule has 102 valence electrons. The number of oxime groups is 1. The van der Waals surface area contributed by atoms with E-state index in [1.54, 1.807) is 12.1 Å². The van der Waals surface area contributed by atoms with E-state index in [9.17, 15) is 4.79 Å².